The molecule has 2 aromatic rings. The van der Waals surface area contributed by atoms with E-state index in [-0.39, 0.29) is 10.4 Å². The summed E-state index contributed by atoms with van der Waals surface area (Å²) < 4.78 is 28.3. The van der Waals surface area contributed by atoms with Gasteiger partial charge in [-0.1, -0.05) is 12.1 Å². The summed E-state index contributed by atoms with van der Waals surface area (Å²) in [7, 11) is -3.79. The third-order valence-electron chi connectivity index (χ3n) is 3.61. The van der Waals surface area contributed by atoms with Gasteiger partial charge in [0.05, 0.1) is 12.6 Å². The number of hydrogen-bond donors (Lipinski definition) is 1. The third-order valence-corrected chi connectivity index (χ3v) is 5.88. The fourth-order valence-electron chi connectivity index (χ4n) is 2.44. The molecule has 0 amide bonds. The zero-order chi connectivity index (χ0) is 17.4. The van der Waals surface area contributed by atoms with Crippen LogP contribution in [0.4, 0.5) is 0 Å². The number of ether oxygens (including phenoxy) is 1. The second-order valence-electron chi connectivity index (χ2n) is 5.38. The molecule has 2 aliphatic heterocycles. The van der Waals surface area contributed by atoms with Gasteiger partial charge >= 0.3 is 0 Å². The van der Waals surface area contributed by atoms with Gasteiger partial charge in [-0.25, -0.2) is 18.6 Å². The van der Waals surface area contributed by atoms with E-state index < -0.39 is 10.0 Å². The van der Waals surface area contributed by atoms with E-state index in [2.05, 4.69) is 15.1 Å². The third kappa shape index (κ3) is 3.36. The number of thioether (sulfide) groups is 1. The molecule has 1 aromatic carbocycles. The lowest BCUT2D eigenvalue weighted by Gasteiger charge is -2.11. The maximum absolute atomic E-state index is 11.3. The Morgan fingerprint density at radius 2 is 1.80 bits per heavy atom. The number of aromatic nitrogens is 1. The molecule has 8 nitrogen and oxygen atoms in total. The van der Waals surface area contributed by atoms with Gasteiger partial charge in [-0.05, 0) is 41.6 Å². The normalized spacial score (nSPS) is 19.4. The van der Waals surface area contributed by atoms with Crippen molar-refractivity contribution >= 4 is 31.3 Å². The van der Waals surface area contributed by atoms with Crippen LogP contribution in [0.25, 0.3) is 0 Å². The SMILES string of the molecule is NS(=O)(=O)C1=NN2CC(c3ccc(Oc4ccncc4)cc3)N=C2S1. The lowest BCUT2D eigenvalue weighted by atomic mass is 10.1. The zero-order valence-corrected chi connectivity index (χ0v) is 14.4. The average molecular weight is 375 g/mol. The number of hydrazone groups is 1. The van der Waals surface area contributed by atoms with Crippen molar-refractivity contribution in [2.75, 3.05) is 6.54 Å². The average Bonchev–Trinajstić information content (AvgIpc) is 3.15. The molecule has 1 atom stereocenters. The van der Waals surface area contributed by atoms with E-state index in [4.69, 9.17) is 9.88 Å². The Bertz CT molecular complexity index is 958. The first-order chi connectivity index (χ1) is 12.0. The van der Waals surface area contributed by atoms with Crippen molar-refractivity contribution in [1.82, 2.24) is 9.99 Å². The predicted octanol–water partition coefficient (Wildman–Crippen LogP) is 1.89. The molecular weight excluding hydrogens is 362 g/mol. The summed E-state index contributed by atoms with van der Waals surface area (Å²) in [5, 5.41) is 11.2. The summed E-state index contributed by atoms with van der Waals surface area (Å²) in [5.41, 5.74) is 0.997. The van der Waals surface area contributed by atoms with E-state index in [9.17, 15) is 8.42 Å². The van der Waals surface area contributed by atoms with Gasteiger partial charge in [0.2, 0.25) is 4.38 Å². The number of pyridine rings is 1. The van der Waals surface area contributed by atoms with Crippen LogP contribution in [0.1, 0.15) is 11.6 Å². The van der Waals surface area contributed by atoms with Crippen molar-refractivity contribution in [3.63, 3.8) is 0 Å². The largest absolute Gasteiger partial charge is 0.457 e. The van der Waals surface area contributed by atoms with E-state index in [1.807, 2.05) is 24.3 Å². The Morgan fingerprint density at radius 3 is 2.44 bits per heavy atom. The van der Waals surface area contributed by atoms with Crippen LogP contribution < -0.4 is 9.88 Å². The Kier molecular flexibility index (Phi) is 3.94. The number of rotatable bonds is 3. The van der Waals surface area contributed by atoms with Crippen molar-refractivity contribution in [1.29, 1.82) is 0 Å². The number of primary sulfonamides is 1. The number of amidine groups is 1. The van der Waals surface area contributed by atoms with Crippen LogP contribution in [0.3, 0.4) is 0 Å². The Morgan fingerprint density at radius 1 is 1.12 bits per heavy atom. The van der Waals surface area contributed by atoms with Crippen LogP contribution in [0.15, 0.2) is 58.9 Å². The van der Waals surface area contributed by atoms with Gasteiger partial charge in [0, 0.05) is 12.4 Å². The van der Waals surface area contributed by atoms with Crippen LogP contribution in [0.2, 0.25) is 0 Å². The quantitative estimate of drug-likeness (QED) is 0.877. The maximum atomic E-state index is 11.3. The minimum Gasteiger partial charge on any atom is -0.457 e. The Labute approximate surface area is 148 Å². The number of aliphatic imine (C=N–C) groups is 1. The minimum atomic E-state index is -3.79. The molecule has 0 bridgehead atoms. The number of nitrogens with two attached hydrogens (primary N) is 1. The molecule has 2 N–H and O–H groups in total. The fraction of sp³-hybridized carbons (Fsp3) is 0.133. The molecule has 0 saturated carbocycles. The van der Waals surface area contributed by atoms with Gasteiger partial charge in [0.25, 0.3) is 10.0 Å². The number of benzene rings is 1. The zero-order valence-electron chi connectivity index (χ0n) is 12.8. The predicted molar refractivity (Wildman–Crippen MR) is 95.8 cm³/mol. The van der Waals surface area contributed by atoms with Crippen LogP contribution in [-0.4, -0.2) is 34.5 Å². The first-order valence-corrected chi connectivity index (χ1v) is 9.68. The monoisotopic (exact) mass is 375 g/mol. The smallest absolute Gasteiger partial charge is 0.264 e. The molecule has 1 aromatic heterocycles. The molecule has 0 radical (unpaired) electrons. The van der Waals surface area contributed by atoms with E-state index in [0.717, 1.165) is 17.3 Å². The maximum Gasteiger partial charge on any atom is 0.264 e. The van der Waals surface area contributed by atoms with Crippen LogP contribution >= 0.6 is 11.8 Å². The molecular formula is C15H13N5O3S2. The molecule has 0 saturated heterocycles. The molecule has 4 rings (SSSR count). The van der Waals surface area contributed by atoms with Crippen molar-refractivity contribution in [3.05, 3.63) is 54.4 Å². The summed E-state index contributed by atoms with van der Waals surface area (Å²) in [5.74, 6) is 1.43. The highest BCUT2D eigenvalue weighted by molar-refractivity contribution is 8.42. The van der Waals surface area contributed by atoms with Crippen molar-refractivity contribution in [3.8, 4) is 11.5 Å². The minimum absolute atomic E-state index is 0.108. The van der Waals surface area contributed by atoms with Crippen molar-refractivity contribution < 1.29 is 13.2 Å². The lowest BCUT2D eigenvalue weighted by molar-refractivity contribution is 0.461. The fourth-order valence-corrected chi connectivity index (χ4v) is 4.03. The number of fused-ring (bicyclic) bond motifs is 1. The molecule has 0 spiro atoms. The molecule has 25 heavy (non-hydrogen) atoms. The van der Waals surface area contributed by atoms with Gasteiger partial charge in [0.1, 0.15) is 11.5 Å². The van der Waals surface area contributed by atoms with Gasteiger partial charge in [-0.3, -0.25) is 9.98 Å². The van der Waals surface area contributed by atoms with E-state index in [0.29, 0.717) is 23.2 Å². The summed E-state index contributed by atoms with van der Waals surface area (Å²) in [6.07, 6.45) is 3.33. The molecule has 0 aliphatic carbocycles. The Hall–Kier alpha value is -2.43. The molecule has 3 heterocycles. The number of hydrogen-bond acceptors (Lipinski definition) is 8. The van der Waals surface area contributed by atoms with Gasteiger partial charge in [-0.2, -0.15) is 0 Å². The highest BCUT2D eigenvalue weighted by Crippen LogP contribution is 2.35. The van der Waals surface area contributed by atoms with Gasteiger partial charge < -0.3 is 4.74 Å². The Balaban J connectivity index is 1.46. The highest BCUT2D eigenvalue weighted by atomic mass is 32.3. The van der Waals surface area contributed by atoms with E-state index >= 15 is 0 Å². The topological polar surface area (TPSA) is 110 Å². The second kappa shape index (κ2) is 6.14. The molecule has 2 aliphatic rings. The summed E-state index contributed by atoms with van der Waals surface area (Å²) >= 11 is 0.974. The first kappa shape index (κ1) is 16.1. The number of nitrogens with zero attached hydrogens (tertiary/aromatic N) is 4. The van der Waals surface area contributed by atoms with Crippen molar-refractivity contribution in [2.24, 2.45) is 15.2 Å². The molecule has 10 heteroatoms. The van der Waals surface area contributed by atoms with Gasteiger partial charge in [0.15, 0.2) is 5.17 Å². The second-order valence-corrected chi connectivity index (χ2v) is 8.07. The first-order valence-electron chi connectivity index (χ1n) is 7.31. The van der Waals surface area contributed by atoms with Crippen LogP contribution in [-0.2, 0) is 10.0 Å². The molecule has 0 fully saturated rings. The standard InChI is InChI=1S/C15H13N5O3S2/c16-25(21,22)15-19-20-9-13(18-14(20)24-15)10-1-3-11(4-2-10)23-12-5-7-17-8-6-12/h1-8,13H,9H2,(H2,16,21,22). The summed E-state index contributed by atoms with van der Waals surface area (Å²) in [4.78, 5) is 8.46. The summed E-state index contributed by atoms with van der Waals surface area (Å²) in [6.45, 7) is 0.478. The van der Waals surface area contributed by atoms with Crippen LogP contribution in [0.5, 0.6) is 11.5 Å². The molecule has 1 unspecified atom stereocenters. The lowest BCUT2D eigenvalue weighted by Crippen LogP contribution is -2.20. The summed E-state index contributed by atoms with van der Waals surface area (Å²) in [6, 6.07) is 11.1. The van der Waals surface area contributed by atoms with E-state index in [1.54, 1.807) is 29.5 Å². The van der Waals surface area contributed by atoms with E-state index in [1.165, 1.54) is 0 Å². The van der Waals surface area contributed by atoms with Crippen molar-refractivity contribution in [2.45, 2.75) is 6.04 Å². The van der Waals surface area contributed by atoms with Crippen LogP contribution in [0, 0.1) is 0 Å². The highest BCUT2D eigenvalue weighted by Gasteiger charge is 2.36. The van der Waals surface area contributed by atoms with Gasteiger partial charge in [-0.15, -0.1) is 5.10 Å². The molecule has 128 valence electrons. The number of sulfonamides is 1.